The molecule has 19 heavy (non-hydrogen) atoms. The van der Waals surface area contributed by atoms with Gasteiger partial charge in [-0.15, -0.1) is 0 Å². The number of hydrogen-bond acceptors (Lipinski definition) is 4. The molecule has 0 aliphatic carbocycles. The largest absolute Gasteiger partial charge is 0.360 e. The first kappa shape index (κ1) is 15.4. The first-order valence-corrected chi connectivity index (χ1v) is 6.65. The zero-order valence-corrected chi connectivity index (χ0v) is 12.1. The van der Waals surface area contributed by atoms with Crippen molar-refractivity contribution in [1.82, 2.24) is 9.88 Å². The van der Waals surface area contributed by atoms with Crippen molar-refractivity contribution in [3.8, 4) is 0 Å². The van der Waals surface area contributed by atoms with Crippen molar-refractivity contribution in [2.24, 2.45) is 5.73 Å². The average molecular weight is 264 g/mol. The lowest BCUT2D eigenvalue weighted by molar-refractivity contribution is 0.0827. The van der Waals surface area contributed by atoms with Crippen molar-refractivity contribution < 1.29 is 4.79 Å². The number of hydrogen-bond donors (Lipinski definition) is 1. The van der Waals surface area contributed by atoms with Crippen LogP contribution in [0.1, 0.15) is 29.6 Å². The summed E-state index contributed by atoms with van der Waals surface area (Å²) in [6.07, 6.45) is 4.94. The Morgan fingerprint density at radius 2 is 1.95 bits per heavy atom. The van der Waals surface area contributed by atoms with Gasteiger partial charge in [0.25, 0.3) is 5.91 Å². The van der Waals surface area contributed by atoms with E-state index in [0.717, 1.165) is 38.2 Å². The molecule has 0 radical (unpaired) electrons. The van der Waals surface area contributed by atoms with Crippen LogP contribution < -0.4 is 10.6 Å². The molecule has 0 saturated heterocycles. The van der Waals surface area contributed by atoms with Gasteiger partial charge < -0.3 is 15.5 Å². The highest BCUT2D eigenvalue weighted by atomic mass is 16.2. The molecule has 0 bridgehead atoms. The topological polar surface area (TPSA) is 62.5 Å². The summed E-state index contributed by atoms with van der Waals surface area (Å²) in [5.41, 5.74) is 6.08. The summed E-state index contributed by atoms with van der Waals surface area (Å²) < 4.78 is 0. The number of nitrogens with zero attached hydrogens (tertiary/aromatic N) is 3. The standard InChI is InChI=1S/C14H24N4O/c1-17(2)14(19)12-7-8-13(16-11-12)18(3)10-6-4-5-9-15/h7-8,11H,4-6,9-10,15H2,1-3H3. The fourth-order valence-electron chi connectivity index (χ4n) is 1.78. The van der Waals surface area contributed by atoms with Gasteiger partial charge in [0.15, 0.2) is 0 Å². The van der Waals surface area contributed by atoms with E-state index in [1.807, 2.05) is 19.2 Å². The number of rotatable bonds is 7. The lowest BCUT2D eigenvalue weighted by Crippen LogP contribution is -2.23. The molecule has 0 aliphatic heterocycles. The van der Waals surface area contributed by atoms with E-state index in [9.17, 15) is 4.79 Å². The Bertz CT molecular complexity index is 389. The van der Waals surface area contributed by atoms with Crippen LogP contribution in [0.3, 0.4) is 0 Å². The molecule has 106 valence electrons. The number of anilines is 1. The number of carbonyl (C=O) groups excluding carboxylic acids is 1. The molecule has 0 unspecified atom stereocenters. The number of nitrogens with two attached hydrogens (primary N) is 1. The zero-order chi connectivity index (χ0) is 14.3. The van der Waals surface area contributed by atoms with Gasteiger partial charge in [-0.2, -0.15) is 0 Å². The van der Waals surface area contributed by atoms with E-state index in [4.69, 9.17) is 5.73 Å². The Labute approximate surface area is 115 Å². The third-order valence-corrected chi connectivity index (χ3v) is 2.99. The van der Waals surface area contributed by atoms with Crippen molar-refractivity contribution >= 4 is 11.7 Å². The Morgan fingerprint density at radius 1 is 1.21 bits per heavy atom. The fourth-order valence-corrected chi connectivity index (χ4v) is 1.78. The molecule has 1 rings (SSSR count). The molecule has 2 N–H and O–H groups in total. The molecule has 5 heteroatoms. The molecule has 0 fully saturated rings. The maximum absolute atomic E-state index is 11.7. The highest BCUT2D eigenvalue weighted by molar-refractivity contribution is 5.93. The molecule has 0 aliphatic rings. The molecule has 0 atom stereocenters. The quantitative estimate of drug-likeness (QED) is 0.755. The van der Waals surface area contributed by atoms with Crippen molar-refractivity contribution in [3.05, 3.63) is 23.9 Å². The smallest absolute Gasteiger partial charge is 0.254 e. The number of aromatic nitrogens is 1. The minimum Gasteiger partial charge on any atom is -0.360 e. The van der Waals surface area contributed by atoms with E-state index in [-0.39, 0.29) is 5.91 Å². The second-order valence-electron chi connectivity index (χ2n) is 4.88. The maximum Gasteiger partial charge on any atom is 0.254 e. The van der Waals surface area contributed by atoms with Crippen LogP contribution in [-0.4, -0.2) is 50.0 Å². The Kier molecular flexibility index (Phi) is 6.29. The monoisotopic (exact) mass is 264 g/mol. The molecule has 0 saturated carbocycles. The van der Waals surface area contributed by atoms with E-state index in [2.05, 4.69) is 9.88 Å². The summed E-state index contributed by atoms with van der Waals surface area (Å²) in [5, 5.41) is 0. The van der Waals surface area contributed by atoms with Gasteiger partial charge in [0.2, 0.25) is 0 Å². The van der Waals surface area contributed by atoms with E-state index in [0.29, 0.717) is 5.56 Å². The minimum absolute atomic E-state index is 0.0235. The van der Waals surface area contributed by atoms with Crippen LogP contribution in [0.25, 0.3) is 0 Å². The number of carbonyl (C=O) groups is 1. The van der Waals surface area contributed by atoms with Crippen LogP contribution in [0.15, 0.2) is 18.3 Å². The van der Waals surface area contributed by atoms with Crippen molar-refractivity contribution in [2.45, 2.75) is 19.3 Å². The number of pyridine rings is 1. The number of unbranched alkanes of at least 4 members (excludes halogenated alkanes) is 2. The fraction of sp³-hybridized carbons (Fsp3) is 0.571. The van der Waals surface area contributed by atoms with Gasteiger partial charge in [-0.1, -0.05) is 6.42 Å². The summed E-state index contributed by atoms with van der Waals surface area (Å²) in [4.78, 5) is 19.7. The highest BCUT2D eigenvalue weighted by Crippen LogP contribution is 2.11. The number of amides is 1. The van der Waals surface area contributed by atoms with E-state index in [1.54, 1.807) is 25.2 Å². The summed E-state index contributed by atoms with van der Waals surface area (Å²) >= 11 is 0. The van der Waals surface area contributed by atoms with Gasteiger partial charge in [-0.3, -0.25) is 4.79 Å². The predicted octanol–water partition coefficient (Wildman–Crippen LogP) is 1.35. The van der Waals surface area contributed by atoms with Gasteiger partial charge in [0.1, 0.15) is 5.82 Å². The van der Waals surface area contributed by atoms with Gasteiger partial charge in [0, 0.05) is 33.9 Å². The molecular weight excluding hydrogens is 240 g/mol. The molecule has 1 amide bonds. The molecule has 5 nitrogen and oxygen atoms in total. The lowest BCUT2D eigenvalue weighted by atomic mass is 10.2. The van der Waals surface area contributed by atoms with Crippen LogP contribution in [0, 0.1) is 0 Å². The Morgan fingerprint density at radius 3 is 2.47 bits per heavy atom. The van der Waals surface area contributed by atoms with Crippen molar-refractivity contribution in [3.63, 3.8) is 0 Å². The first-order valence-electron chi connectivity index (χ1n) is 6.65. The molecular formula is C14H24N4O. The average Bonchev–Trinajstić information content (AvgIpc) is 2.42. The van der Waals surface area contributed by atoms with Gasteiger partial charge >= 0.3 is 0 Å². The summed E-state index contributed by atoms with van der Waals surface area (Å²) in [6, 6.07) is 3.71. The van der Waals surface area contributed by atoms with E-state index < -0.39 is 0 Å². The van der Waals surface area contributed by atoms with Crippen LogP contribution in [-0.2, 0) is 0 Å². The van der Waals surface area contributed by atoms with Gasteiger partial charge in [-0.25, -0.2) is 4.98 Å². The lowest BCUT2D eigenvalue weighted by Gasteiger charge is -2.18. The van der Waals surface area contributed by atoms with Crippen LogP contribution in [0.2, 0.25) is 0 Å². The molecule has 1 aromatic rings. The van der Waals surface area contributed by atoms with Gasteiger partial charge in [0.05, 0.1) is 5.56 Å². The Hall–Kier alpha value is -1.62. The summed E-state index contributed by atoms with van der Waals surface area (Å²) in [6.45, 7) is 1.71. The minimum atomic E-state index is -0.0235. The highest BCUT2D eigenvalue weighted by Gasteiger charge is 2.09. The predicted molar refractivity (Wildman–Crippen MR) is 78.4 cm³/mol. The summed E-state index contributed by atoms with van der Waals surface area (Å²) in [7, 11) is 5.48. The van der Waals surface area contributed by atoms with E-state index >= 15 is 0 Å². The van der Waals surface area contributed by atoms with E-state index in [1.165, 1.54) is 0 Å². The maximum atomic E-state index is 11.7. The SMILES string of the molecule is CN(C)C(=O)c1ccc(N(C)CCCCCN)nc1. The summed E-state index contributed by atoms with van der Waals surface area (Å²) in [5.74, 6) is 0.868. The third-order valence-electron chi connectivity index (χ3n) is 2.99. The zero-order valence-electron chi connectivity index (χ0n) is 12.1. The van der Waals surface area contributed by atoms with Gasteiger partial charge in [-0.05, 0) is 31.5 Å². The molecule has 1 aromatic heterocycles. The van der Waals surface area contributed by atoms with Crippen molar-refractivity contribution in [1.29, 1.82) is 0 Å². The van der Waals surface area contributed by atoms with Crippen LogP contribution in [0.5, 0.6) is 0 Å². The normalized spacial score (nSPS) is 10.3. The van der Waals surface area contributed by atoms with Crippen LogP contribution >= 0.6 is 0 Å². The van der Waals surface area contributed by atoms with Crippen molar-refractivity contribution in [2.75, 3.05) is 39.1 Å². The third kappa shape index (κ3) is 4.87. The van der Waals surface area contributed by atoms with Crippen LogP contribution in [0.4, 0.5) is 5.82 Å². The molecule has 0 spiro atoms. The Balaban J connectivity index is 2.53. The first-order chi connectivity index (χ1) is 9.06. The second-order valence-corrected chi connectivity index (χ2v) is 4.88. The molecule has 1 heterocycles. The molecule has 0 aromatic carbocycles. The second kappa shape index (κ2) is 7.74.